The Morgan fingerprint density at radius 2 is 1.18 bits per heavy atom. The molecule has 0 fully saturated rings. The van der Waals surface area contributed by atoms with Gasteiger partial charge in [-0.3, -0.25) is 0 Å². The lowest BCUT2D eigenvalue weighted by atomic mass is 9.84. The van der Waals surface area contributed by atoms with Crippen molar-refractivity contribution >= 4 is 17.9 Å². The smallest absolute Gasteiger partial charge is 0.407 e. The van der Waals surface area contributed by atoms with Crippen molar-refractivity contribution in [2.45, 2.75) is 31.1 Å². The van der Waals surface area contributed by atoms with Gasteiger partial charge in [0.15, 0.2) is 0 Å². The van der Waals surface area contributed by atoms with Gasteiger partial charge in [0.25, 0.3) is 0 Å². The third-order valence-corrected chi connectivity index (χ3v) is 6.66. The summed E-state index contributed by atoms with van der Waals surface area (Å²) in [5.74, 6) is 0.908. The first-order chi connectivity index (χ1) is 15.9. The molecule has 2 N–H and O–H groups in total. The van der Waals surface area contributed by atoms with Crippen LogP contribution in [0.25, 0.3) is 0 Å². The molecule has 1 amide bonds. The molecule has 0 unspecified atom stereocenters. The largest absolute Gasteiger partial charge is 0.444 e. The van der Waals surface area contributed by atoms with Crippen molar-refractivity contribution in [3.63, 3.8) is 0 Å². The van der Waals surface area contributed by atoms with E-state index in [1.165, 1.54) is 16.7 Å². The second-order valence-corrected chi connectivity index (χ2v) is 10.1. The Hall–Kier alpha value is -2.76. The van der Waals surface area contributed by atoms with Gasteiger partial charge < -0.3 is 15.4 Å². The fraction of sp³-hybridized carbons (Fsp3) is 0.321. The number of benzene rings is 3. The molecule has 0 aliphatic carbocycles. The molecule has 0 spiro atoms. The number of hydrogen-bond acceptors (Lipinski definition) is 4. The van der Waals surface area contributed by atoms with Crippen molar-refractivity contribution in [2.75, 3.05) is 25.4 Å². The van der Waals surface area contributed by atoms with E-state index in [0.29, 0.717) is 13.1 Å². The molecule has 0 atom stereocenters. The predicted octanol–water partition coefficient (Wildman–Crippen LogP) is 5.83. The summed E-state index contributed by atoms with van der Waals surface area (Å²) in [6.07, 6.45) is -0.380. The minimum absolute atomic E-state index is 0.305. The Labute approximate surface area is 202 Å². The fourth-order valence-electron chi connectivity index (χ4n) is 3.74. The van der Waals surface area contributed by atoms with Gasteiger partial charge in [0.1, 0.15) is 5.60 Å². The third kappa shape index (κ3) is 7.11. The highest BCUT2D eigenvalue weighted by Gasteiger charge is 2.36. The Kier molecular flexibility index (Phi) is 8.98. The van der Waals surface area contributed by atoms with Gasteiger partial charge in [0, 0.05) is 25.4 Å². The standard InChI is InChI=1S/C28H34N2O2S/c1-27(2,3)32-26(31)30-20-19-29-21-22-33-28(23-13-7-4-8-14-23,24-15-9-5-10-16-24)25-17-11-6-12-18-25/h4-18,29H,19-22H2,1-3H3,(H,30,31). The van der Waals surface area contributed by atoms with E-state index in [2.05, 4.69) is 102 Å². The highest BCUT2D eigenvalue weighted by Crippen LogP contribution is 2.48. The molecular formula is C28H34N2O2S. The summed E-state index contributed by atoms with van der Waals surface area (Å²) in [4.78, 5) is 11.8. The average molecular weight is 463 g/mol. The Balaban J connectivity index is 1.68. The second kappa shape index (κ2) is 11.9. The van der Waals surface area contributed by atoms with Crippen LogP contribution < -0.4 is 10.6 Å². The van der Waals surface area contributed by atoms with Gasteiger partial charge >= 0.3 is 6.09 Å². The zero-order valence-electron chi connectivity index (χ0n) is 19.7. The monoisotopic (exact) mass is 462 g/mol. The van der Waals surface area contributed by atoms with E-state index in [1.807, 2.05) is 32.5 Å². The number of hydrogen-bond donors (Lipinski definition) is 2. The number of alkyl carbamates (subject to hydrolysis) is 1. The Morgan fingerprint density at radius 1 is 0.727 bits per heavy atom. The molecule has 5 heteroatoms. The fourth-order valence-corrected chi connectivity index (χ4v) is 5.20. The van der Waals surface area contributed by atoms with Crippen LogP contribution in [0.2, 0.25) is 0 Å². The first-order valence-corrected chi connectivity index (χ1v) is 12.4. The molecule has 0 aromatic heterocycles. The number of carbonyl (C=O) groups is 1. The summed E-state index contributed by atoms with van der Waals surface area (Å²) in [6.45, 7) is 7.63. The van der Waals surface area contributed by atoms with Crippen LogP contribution in [-0.2, 0) is 9.48 Å². The van der Waals surface area contributed by atoms with E-state index in [-0.39, 0.29) is 10.8 Å². The van der Waals surface area contributed by atoms with Crippen LogP contribution in [0.15, 0.2) is 91.0 Å². The molecule has 174 valence electrons. The van der Waals surface area contributed by atoms with Gasteiger partial charge in [-0.15, -0.1) is 11.8 Å². The minimum atomic E-state index is -0.482. The van der Waals surface area contributed by atoms with E-state index in [9.17, 15) is 4.79 Å². The third-order valence-electron chi connectivity index (χ3n) is 5.11. The minimum Gasteiger partial charge on any atom is -0.444 e. The van der Waals surface area contributed by atoms with Crippen molar-refractivity contribution in [1.82, 2.24) is 10.6 Å². The normalized spacial score (nSPS) is 11.7. The molecule has 0 saturated heterocycles. The second-order valence-electron chi connectivity index (χ2n) is 8.81. The van der Waals surface area contributed by atoms with Gasteiger partial charge in [-0.1, -0.05) is 91.0 Å². The SMILES string of the molecule is CC(C)(C)OC(=O)NCCNCCSC(c1ccccc1)(c1ccccc1)c1ccccc1. The first-order valence-electron chi connectivity index (χ1n) is 11.4. The molecule has 3 aromatic rings. The topological polar surface area (TPSA) is 50.4 Å². The number of rotatable bonds is 10. The zero-order chi connectivity index (χ0) is 23.6. The maximum Gasteiger partial charge on any atom is 0.407 e. The highest BCUT2D eigenvalue weighted by molar-refractivity contribution is 8.00. The van der Waals surface area contributed by atoms with E-state index in [1.54, 1.807) is 0 Å². The molecule has 4 nitrogen and oxygen atoms in total. The molecule has 0 aliphatic heterocycles. The Bertz CT molecular complexity index is 876. The van der Waals surface area contributed by atoms with Gasteiger partial charge in [-0.05, 0) is 37.5 Å². The van der Waals surface area contributed by atoms with Crippen molar-refractivity contribution < 1.29 is 9.53 Å². The lowest BCUT2D eigenvalue weighted by Crippen LogP contribution is -2.37. The van der Waals surface area contributed by atoms with Gasteiger partial charge in [-0.2, -0.15) is 0 Å². The number of carbonyl (C=O) groups excluding carboxylic acids is 1. The van der Waals surface area contributed by atoms with Gasteiger partial charge in [0.05, 0.1) is 4.75 Å². The van der Waals surface area contributed by atoms with Crippen LogP contribution in [0.5, 0.6) is 0 Å². The average Bonchev–Trinajstić information content (AvgIpc) is 2.82. The van der Waals surface area contributed by atoms with Crippen LogP contribution in [0, 0.1) is 0 Å². The molecule has 3 aromatic carbocycles. The van der Waals surface area contributed by atoms with Crippen LogP contribution in [-0.4, -0.2) is 37.1 Å². The number of thioether (sulfide) groups is 1. The van der Waals surface area contributed by atoms with Crippen molar-refractivity contribution in [3.8, 4) is 0 Å². The molecule has 0 aliphatic rings. The summed E-state index contributed by atoms with van der Waals surface area (Å²) in [5, 5.41) is 6.23. The van der Waals surface area contributed by atoms with Gasteiger partial charge in [0.2, 0.25) is 0 Å². The number of amides is 1. The van der Waals surface area contributed by atoms with Crippen molar-refractivity contribution in [2.24, 2.45) is 0 Å². The maximum absolute atomic E-state index is 11.8. The Morgan fingerprint density at radius 3 is 1.61 bits per heavy atom. The lowest BCUT2D eigenvalue weighted by Gasteiger charge is -2.35. The molecular weight excluding hydrogens is 428 g/mol. The van der Waals surface area contributed by atoms with E-state index >= 15 is 0 Å². The van der Waals surface area contributed by atoms with Crippen molar-refractivity contribution in [1.29, 1.82) is 0 Å². The molecule has 0 radical (unpaired) electrons. The summed E-state index contributed by atoms with van der Waals surface area (Å²) in [7, 11) is 0. The van der Waals surface area contributed by atoms with Crippen LogP contribution in [0.1, 0.15) is 37.5 Å². The van der Waals surface area contributed by atoms with Gasteiger partial charge in [-0.25, -0.2) is 4.79 Å². The van der Waals surface area contributed by atoms with Crippen LogP contribution in [0.3, 0.4) is 0 Å². The van der Waals surface area contributed by atoms with Crippen LogP contribution in [0.4, 0.5) is 4.79 Å². The molecule has 0 heterocycles. The molecule has 33 heavy (non-hydrogen) atoms. The van der Waals surface area contributed by atoms with Crippen LogP contribution >= 0.6 is 11.8 Å². The summed E-state index contributed by atoms with van der Waals surface area (Å²) >= 11 is 1.93. The molecule has 0 saturated carbocycles. The summed E-state index contributed by atoms with van der Waals surface area (Å²) in [6, 6.07) is 32.1. The quantitative estimate of drug-likeness (QED) is 0.294. The summed E-state index contributed by atoms with van der Waals surface area (Å²) in [5.41, 5.74) is 3.31. The first kappa shape index (κ1) is 24.9. The van der Waals surface area contributed by atoms with E-state index in [4.69, 9.17) is 4.74 Å². The van der Waals surface area contributed by atoms with E-state index in [0.717, 1.165) is 12.3 Å². The number of ether oxygens (including phenoxy) is 1. The van der Waals surface area contributed by atoms with Crippen molar-refractivity contribution in [3.05, 3.63) is 108 Å². The molecule has 0 bridgehead atoms. The highest BCUT2D eigenvalue weighted by atomic mass is 32.2. The summed E-state index contributed by atoms with van der Waals surface area (Å²) < 4.78 is 4.97. The predicted molar refractivity (Wildman–Crippen MR) is 139 cm³/mol. The lowest BCUT2D eigenvalue weighted by molar-refractivity contribution is 0.0528. The maximum atomic E-state index is 11.8. The van der Waals surface area contributed by atoms with E-state index < -0.39 is 5.60 Å². The number of nitrogens with one attached hydrogen (secondary N) is 2. The zero-order valence-corrected chi connectivity index (χ0v) is 20.5. The molecule has 3 rings (SSSR count).